The molecule has 0 aromatic carbocycles. The highest BCUT2D eigenvalue weighted by Gasteiger charge is 2.25. The minimum absolute atomic E-state index is 0.150. The number of hydrogen-bond donors (Lipinski definition) is 0. The molecule has 0 atom stereocenters. The van der Waals surface area contributed by atoms with Gasteiger partial charge in [0.15, 0.2) is 5.69 Å². The minimum atomic E-state index is -0.576. The van der Waals surface area contributed by atoms with Crippen LogP contribution < -0.4 is 0 Å². The third-order valence-electron chi connectivity index (χ3n) is 2.72. The number of aromatic nitrogens is 1. The van der Waals surface area contributed by atoms with E-state index in [4.69, 9.17) is 0 Å². The number of carbonyl (C=O) groups is 2. The van der Waals surface area contributed by atoms with Gasteiger partial charge >= 0.3 is 11.8 Å². The highest BCUT2D eigenvalue weighted by molar-refractivity contribution is 5.95. The van der Waals surface area contributed by atoms with Crippen LogP contribution in [0.1, 0.15) is 17.4 Å². The maximum Gasteiger partial charge on any atom is 0.325 e. The number of nitrogens with zero attached hydrogens (tertiary/aromatic N) is 3. The lowest BCUT2D eigenvalue weighted by Gasteiger charge is -2.18. The lowest BCUT2D eigenvalue weighted by atomic mass is 10.3. The highest BCUT2D eigenvalue weighted by Crippen LogP contribution is 2.16. The van der Waals surface area contributed by atoms with E-state index in [1.54, 1.807) is 6.92 Å². The summed E-state index contributed by atoms with van der Waals surface area (Å²) in [6.07, 6.45) is 0. The first-order valence-corrected chi connectivity index (χ1v) is 5.58. The van der Waals surface area contributed by atoms with Crippen molar-refractivity contribution in [3.63, 3.8) is 0 Å². The van der Waals surface area contributed by atoms with Crippen molar-refractivity contribution in [3.05, 3.63) is 27.9 Å². The van der Waals surface area contributed by atoms with E-state index in [-0.39, 0.29) is 18.1 Å². The summed E-state index contributed by atoms with van der Waals surface area (Å²) in [7, 11) is 2.66. The van der Waals surface area contributed by atoms with Crippen LogP contribution in [0.2, 0.25) is 0 Å². The van der Waals surface area contributed by atoms with Crippen LogP contribution in [-0.4, -0.2) is 46.5 Å². The second-order valence-corrected chi connectivity index (χ2v) is 3.79. The Morgan fingerprint density at radius 3 is 2.53 bits per heavy atom. The Bertz CT molecular complexity index is 508. The molecule has 0 saturated heterocycles. The Hall–Kier alpha value is -2.38. The third kappa shape index (κ3) is 3.09. The largest absolute Gasteiger partial charge is 0.468 e. The SMILES string of the molecule is CCN(CC(=O)OC)C(=O)c1ccc([N+](=O)[O-])n1C. The fourth-order valence-corrected chi connectivity index (χ4v) is 1.61. The molecule has 0 unspecified atom stereocenters. The molecule has 0 spiro atoms. The molecule has 0 radical (unpaired) electrons. The summed E-state index contributed by atoms with van der Waals surface area (Å²) in [5.41, 5.74) is 0.150. The molecule has 0 saturated carbocycles. The molecule has 1 aromatic heterocycles. The molecule has 0 bridgehead atoms. The van der Waals surface area contributed by atoms with Gasteiger partial charge in [0.2, 0.25) is 0 Å². The Kier molecular flexibility index (Phi) is 4.62. The number of hydrogen-bond acceptors (Lipinski definition) is 5. The molecule has 8 nitrogen and oxygen atoms in total. The van der Waals surface area contributed by atoms with Gasteiger partial charge in [0.05, 0.1) is 14.2 Å². The monoisotopic (exact) mass is 269 g/mol. The zero-order valence-electron chi connectivity index (χ0n) is 11.0. The van der Waals surface area contributed by atoms with Crippen molar-refractivity contribution in [2.45, 2.75) is 6.92 Å². The van der Waals surface area contributed by atoms with Crippen molar-refractivity contribution in [3.8, 4) is 0 Å². The number of nitro groups is 1. The van der Waals surface area contributed by atoms with Gasteiger partial charge < -0.3 is 19.8 Å². The molecule has 104 valence electrons. The second kappa shape index (κ2) is 5.98. The van der Waals surface area contributed by atoms with Gasteiger partial charge in [0.1, 0.15) is 6.54 Å². The lowest BCUT2D eigenvalue weighted by Crippen LogP contribution is -2.36. The topological polar surface area (TPSA) is 94.7 Å². The number of esters is 1. The Labute approximate surface area is 109 Å². The zero-order valence-corrected chi connectivity index (χ0v) is 11.0. The van der Waals surface area contributed by atoms with E-state index < -0.39 is 16.8 Å². The molecule has 1 aromatic rings. The normalized spacial score (nSPS) is 10.1. The van der Waals surface area contributed by atoms with Gasteiger partial charge in [-0.25, -0.2) is 4.57 Å². The number of likely N-dealkylation sites (N-methyl/N-ethyl adjacent to an activating group) is 1. The average molecular weight is 269 g/mol. The molecule has 0 N–H and O–H groups in total. The summed E-state index contributed by atoms with van der Waals surface area (Å²) < 4.78 is 5.68. The van der Waals surface area contributed by atoms with Crippen LogP contribution in [0.15, 0.2) is 12.1 Å². The fraction of sp³-hybridized carbons (Fsp3) is 0.455. The fourth-order valence-electron chi connectivity index (χ4n) is 1.61. The van der Waals surface area contributed by atoms with E-state index in [9.17, 15) is 19.7 Å². The van der Waals surface area contributed by atoms with Gasteiger partial charge in [0, 0.05) is 12.6 Å². The molecule has 0 aliphatic carbocycles. The number of ether oxygens (including phenoxy) is 1. The van der Waals surface area contributed by atoms with E-state index in [1.165, 1.54) is 35.8 Å². The van der Waals surface area contributed by atoms with Crippen molar-refractivity contribution in [2.75, 3.05) is 20.2 Å². The third-order valence-corrected chi connectivity index (χ3v) is 2.72. The van der Waals surface area contributed by atoms with Crippen molar-refractivity contribution in [1.82, 2.24) is 9.47 Å². The molecule has 1 rings (SSSR count). The summed E-state index contributed by atoms with van der Waals surface area (Å²) >= 11 is 0. The Morgan fingerprint density at radius 1 is 1.47 bits per heavy atom. The van der Waals surface area contributed by atoms with E-state index in [0.717, 1.165) is 0 Å². The van der Waals surface area contributed by atoms with E-state index in [1.807, 2.05) is 0 Å². The summed E-state index contributed by atoms with van der Waals surface area (Å²) in [6, 6.07) is 2.61. The van der Waals surface area contributed by atoms with Crippen LogP contribution in [-0.2, 0) is 16.6 Å². The quantitative estimate of drug-likeness (QED) is 0.442. The first-order chi connectivity index (χ1) is 8.92. The first-order valence-electron chi connectivity index (χ1n) is 5.58. The summed E-state index contributed by atoms with van der Waals surface area (Å²) in [5.74, 6) is -1.18. The van der Waals surface area contributed by atoms with Crippen molar-refractivity contribution >= 4 is 17.7 Å². The molecule has 19 heavy (non-hydrogen) atoms. The maximum absolute atomic E-state index is 12.2. The van der Waals surface area contributed by atoms with Gasteiger partial charge in [-0.1, -0.05) is 0 Å². The lowest BCUT2D eigenvalue weighted by molar-refractivity contribution is -0.391. The van der Waals surface area contributed by atoms with Gasteiger partial charge in [-0.15, -0.1) is 0 Å². The van der Waals surface area contributed by atoms with Crippen molar-refractivity contribution in [2.24, 2.45) is 7.05 Å². The van der Waals surface area contributed by atoms with Crippen molar-refractivity contribution < 1.29 is 19.2 Å². The predicted octanol–water partition coefficient (Wildman–Crippen LogP) is 0.568. The molecule has 0 aliphatic heterocycles. The van der Waals surface area contributed by atoms with Gasteiger partial charge in [-0.05, 0) is 17.9 Å². The summed E-state index contributed by atoms with van der Waals surface area (Å²) in [4.78, 5) is 34.7. The zero-order chi connectivity index (χ0) is 14.6. The molecular formula is C11H15N3O5. The highest BCUT2D eigenvalue weighted by atomic mass is 16.6. The maximum atomic E-state index is 12.2. The van der Waals surface area contributed by atoms with Crippen LogP contribution in [0.3, 0.4) is 0 Å². The van der Waals surface area contributed by atoms with Gasteiger partial charge in [-0.2, -0.15) is 0 Å². The number of rotatable bonds is 5. The molecule has 8 heteroatoms. The Balaban J connectivity index is 2.98. The van der Waals surface area contributed by atoms with Crippen LogP contribution in [0.4, 0.5) is 5.82 Å². The minimum Gasteiger partial charge on any atom is -0.468 e. The average Bonchev–Trinajstić information content (AvgIpc) is 2.76. The molecule has 0 aliphatic rings. The van der Waals surface area contributed by atoms with Crippen LogP contribution >= 0.6 is 0 Å². The van der Waals surface area contributed by atoms with Crippen molar-refractivity contribution in [1.29, 1.82) is 0 Å². The van der Waals surface area contributed by atoms with Gasteiger partial charge in [0.25, 0.3) is 5.91 Å². The van der Waals surface area contributed by atoms with Crippen LogP contribution in [0.5, 0.6) is 0 Å². The van der Waals surface area contributed by atoms with E-state index in [0.29, 0.717) is 6.54 Å². The molecular weight excluding hydrogens is 254 g/mol. The van der Waals surface area contributed by atoms with Crippen LogP contribution in [0.25, 0.3) is 0 Å². The Morgan fingerprint density at radius 2 is 2.11 bits per heavy atom. The predicted molar refractivity (Wildman–Crippen MR) is 65.7 cm³/mol. The van der Waals surface area contributed by atoms with Gasteiger partial charge in [-0.3, -0.25) is 9.59 Å². The second-order valence-electron chi connectivity index (χ2n) is 3.79. The smallest absolute Gasteiger partial charge is 0.325 e. The number of carbonyl (C=O) groups excluding carboxylic acids is 2. The standard InChI is InChI=1S/C11H15N3O5/c1-4-13(7-10(15)19-3)11(16)8-5-6-9(12(8)2)14(17)18/h5-6H,4,7H2,1-3H3. The first kappa shape index (κ1) is 14.7. The number of amides is 1. The molecule has 1 amide bonds. The van der Waals surface area contributed by atoms with Crippen LogP contribution in [0, 0.1) is 10.1 Å². The number of methoxy groups -OCH3 is 1. The summed E-state index contributed by atoms with van der Waals surface area (Å²) in [5, 5.41) is 10.7. The van der Waals surface area contributed by atoms with E-state index in [2.05, 4.69) is 4.74 Å². The summed E-state index contributed by atoms with van der Waals surface area (Å²) in [6.45, 7) is 1.82. The molecule has 1 heterocycles. The van der Waals surface area contributed by atoms with E-state index >= 15 is 0 Å². The molecule has 0 fully saturated rings.